The summed E-state index contributed by atoms with van der Waals surface area (Å²) in [7, 11) is 0. The van der Waals surface area contributed by atoms with Crippen LogP contribution in [0, 0.1) is 11.8 Å². The molecule has 0 aromatic heterocycles. The minimum atomic E-state index is -0.324. The van der Waals surface area contributed by atoms with E-state index in [4.69, 9.17) is 5.73 Å². The molecule has 0 bridgehead atoms. The Morgan fingerprint density at radius 2 is 1.79 bits per heavy atom. The third-order valence-electron chi connectivity index (χ3n) is 3.68. The number of fused-ring (bicyclic) bond motifs is 1. The van der Waals surface area contributed by atoms with Crippen LogP contribution in [0.3, 0.4) is 0 Å². The summed E-state index contributed by atoms with van der Waals surface area (Å²) in [6.45, 7) is 3.71. The van der Waals surface area contributed by atoms with Gasteiger partial charge in [0.2, 0.25) is 5.91 Å². The van der Waals surface area contributed by atoms with E-state index in [1.54, 1.807) is 6.92 Å². The normalized spacial score (nSPS) is 34.0. The Bertz CT molecular complexity index is 213. The van der Waals surface area contributed by atoms with Crippen molar-refractivity contribution < 1.29 is 4.79 Å². The van der Waals surface area contributed by atoms with Crippen molar-refractivity contribution in [3.8, 4) is 0 Å². The summed E-state index contributed by atoms with van der Waals surface area (Å²) in [6.07, 6.45) is 5.32. The lowest BCUT2D eigenvalue weighted by Gasteiger charge is -2.22. The average Bonchev–Trinajstić information content (AvgIpc) is 2.59. The maximum Gasteiger partial charge on any atom is 0.239 e. The van der Waals surface area contributed by atoms with Gasteiger partial charge in [-0.2, -0.15) is 0 Å². The molecule has 2 aliphatic rings. The molecule has 1 saturated heterocycles. The van der Waals surface area contributed by atoms with Crippen LogP contribution in [0.25, 0.3) is 0 Å². The first-order valence-corrected chi connectivity index (χ1v) is 5.73. The fourth-order valence-corrected chi connectivity index (χ4v) is 2.87. The highest BCUT2D eigenvalue weighted by Gasteiger charge is 2.36. The standard InChI is InChI=1S/C11H20N2O/c1-8(12)11(14)13-6-9-4-2-3-5-10(9)7-13/h8-10H,2-7,12H2,1H3/t8-,9?,10?/m1/s1. The summed E-state index contributed by atoms with van der Waals surface area (Å²) < 4.78 is 0. The lowest BCUT2D eigenvalue weighted by atomic mass is 9.82. The van der Waals surface area contributed by atoms with Gasteiger partial charge in [-0.05, 0) is 31.6 Å². The zero-order valence-electron chi connectivity index (χ0n) is 8.91. The van der Waals surface area contributed by atoms with Crippen LogP contribution < -0.4 is 5.73 Å². The van der Waals surface area contributed by atoms with E-state index in [9.17, 15) is 4.79 Å². The van der Waals surface area contributed by atoms with Crippen molar-refractivity contribution >= 4 is 5.91 Å². The molecule has 3 heteroatoms. The topological polar surface area (TPSA) is 46.3 Å². The van der Waals surface area contributed by atoms with Crippen molar-refractivity contribution in [3.05, 3.63) is 0 Å². The summed E-state index contributed by atoms with van der Waals surface area (Å²) in [5.41, 5.74) is 5.61. The van der Waals surface area contributed by atoms with Gasteiger partial charge in [-0.3, -0.25) is 4.79 Å². The molecule has 3 atom stereocenters. The van der Waals surface area contributed by atoms with E-state index in [1.807, 2.05) is 4.90 Å². The Morgan fingerprint density at radius 3 is 2.21 bits per heavy atom. The van der Waals surface area contributed by atoms with Gasteiger partial charge in [0.05, 0.1) is 6.04 Å². The molecule has 1 amide bonds. The molecule has 2 rings (SSSR count). The molecule has 2 fully saturated rings. The lowest BCUT2D eigenvalue weighted by molar-refractivity contribution is -0.131. The Balaban J connectivity index is 1.95. The second-order valence-corrected chi connectivity index (χ2v) is 4.84. The van der Waals surface area contributed by atoms with Gasteiger partial charge in [0.15, 0.2) is 0 Å². The summed E-state index contributed by atoms with van der Waals surface area (Å²) >= 11 is 0. The number of nitrogens with two attached hydrogens (primary N) is 1. The quantitative estimate of drug-likeness (QED) is 0.679. The van der Waals surface area contributed by atoms with Gasteiger partial charge in [0.1, 0.15) is 0 Å². The number of nitrogens with zero attached hydrogens (tertiary/aromatic N) is 1. The van der Waals surface area contributed by atoms with Crippen molar-refractivity contribution in [2.45, 2.75) is 38.6 Å². The molecular formula is C11H20N2O. The van der Waals surface area contributed by atoms with Crippen LogP contribution in [-0.4, -0.2) is 29.9 Å². The highest BCUT2D eigenvalue weighted by Crippen LogP contribution is 2.35. The molecule has 80 valence electrons. The smallest absolute Gasteiger partial charge is 0.239 e. The van der Waals surface area contributed by atoms with Crippen molar-refractivity contribution in [2.24, 2.45) is 17.6 Å². The first kappa shape index (κ1) is 9.97. The monoisotopic (exact) mass is 196 g/mol. The predicted molar refractivity (Wildman–Crippen MR) is 55.7 cm³/mol. The first-order valence-electron chi connectivity index (χ1n) is 5.73. The lowest BCUT2D eigenvalue weighted by Crippen LogP contribution is -2.40. The number of carbonyl (C=O) groups excluding carboxylic acids is 1. The number of carbonyl (C=O) groups is 1. The highest BCUT2D eigenvalue weighted by molar-refractivity contribution is 5.81. The van der Waals surface area contributed by atoms with Crippen LogP contribution in [0.5, 0.6) is 0 Å². The second-order valence-electron chi connectivity index (χ2n) is 4.84. The van der Waals surface area contributed by atoms with Gasteiger partial charge in [0.25, 0.3) is 0 Å². The van der Waals surface area contributed by atoms with E-state index in [-0.39, 0.29) is 11.9 Å². The molecule has 1 saturated carbocycles. The largest absolute Gasteiger partial charge is 0.341 e. The Labute approximate surface area is 85.6 Å². The van der Waals surface area contributed by atoms with Gasteiger partial charge in [-0.25, -0.2) is 0 Å². The number of hydrogen-bond acceptors (Lipinski definition) is 2. The van der Waals surface area contributed by atoms with Crippen molar-refractivity contribution in [2.75, 3.05) is 13.1 Å². The van der Waals surface area contributed by atoms with Gasteiger partial charge >= 0.3 is 0 Å². The van der Waals surface area contributed by atoms with Crippen LogP contribution >= 0.6 is 0 Å². The molecular weight excluding hydrogens is 176 g/mol. The number of rotatable bonds is 1. The number of hydrogen-bond donors (Lipinski definition) is 1. The fraction of sp³-hybridized carbons (Fsp3) is 0.909. The SMILES string of the molecule is C[C@@H](N)C(=O)N1CC2CCCCC2C1. The zero-order valence-corrected chi connectivity index (χ0v) is 8.91. The van der Waals surface area contributed by atoms with E-state index in [2.05, 4.69) is 0 Å². The first-order chi connectivity index (χ1) is 6.68. The number of likely N-dealkylation sites (tertiary alicyclic amines) is 1. The second kappa shape index (κ2) is 3.89. The van der Waals surface area contributed by atoms with E-state index in [0.717, 1.165) is 24.9 Å². The predicted octanol–water partition coefficient (Wildman–Crippen LogP) is 0.982. The van der Waals surface area contributed by atoms with Crippen LogP contribution in [0.1, 0.15) is 32.6 Å². The van der Waals surface area contributed by atoms with Crippen LogP contribution in [0.15, 0.2) is 0 Å². The number of amides is 1. The molecule has 0 radical (unpaired) electrons. The van der Waals surface area contributed by atoms with Crippen molar-refractivity contribution in [1.82, 2.24) is 4.90 Å². The van der Waals surface area contributed by atoms with Gasteiger partial charge < -0.3 is 10.6 Å². The minimum Gasteiger partial charge on any atom is -0.341 e. The maximum absolute atomic E-state index is 11.7. The molecule has 2 N–H and O–H groups in total. The highest BCUT2D eigenvalue weighted by atomic mass is 16.2. The minimum absolute atomic E-state index is 0.138. The zero-order chi connectivity index (χ0) is 10.1. The summed E-state index contributed by atoms with van der Waals surface area (Å²) in [5, 5.41) is 0. The van der Waals surface area contributed by atoms with Gasteiger partial charge in [0, 0.05) is 13.1 Å². The maximum atomic E-state index is 11.7. The molecule has 0 aromatic rings. The Morgan fingerprint density at radius 1 is 1.29 bits per heavy atom. The molecule has 1 aliphatic heterocycles. The summed E-state index contributed by atoms with van der Waals surface area (Å²) in [5.74, 6) is 1.68. The van der Waals surface area contributed by atoms with Gasteiger partial charge in [-0.1, -0.05) is 12.8 Å². The Kier molecular flexibility index (Phi) is 2.77. The van der Waals surface area contributed by atoms with Crippen LogP contribution in [0.2, 0.25) is 0 Å². The molecule has 3 nitrogen and oxygen atoms in total. The molecule has 2 unspecified atom stereocenters. The van der Waals surface area contributed by atoms with Crippen LogP contribution in [0.4, 0.5) is 0 Å². The van der Waals surface area contributed by atoms with E-state index in [1.165, 1.54) is 25.7 Å². The molecule has 14 heavy (non-hydrogen) atoms. The molecule has 1 heterocycles. The summed E-state index contributed by atoms with van der Waals surface area (Å²) in [6, 6.07) is -0.324. The van der Waals surface area contributed by atoms with Crippen LogP contribution in [-0.2, 0) is 4.79 Å². The fourth-order valence-electron chi connectivity index (χ4n) is 2.87. The molecule has 0 spiro atoms. The van der Waals surface area contributed by atoms with Gasteiger partial charge in [-0.15, -0.1) is 0 Å². The van der Waals surface area contributed by atoms with Crippen molar-refractivity contribution in [3.63, 3.8) is 0 Å². The molecule has 1 aliphatic carbocycles. The average molecular weight is 196 g/mol. The van der Waals surface area contributed by atoms with Crippen molar-refractivity contribution in [1.29, 1.82) is 0 Å². The van der Waals surface area contributed by atoms with E-state index >= 15 is 0 Å². The van der Waals surface area contributed by atoms with E-state index in [0.29, 0.717) is 0 Å². The Hall–Kier alpha value is -0.570. The van der Waals surface area contributed by atoms with E-state index < -0.39 is 0 Å². The third-order valence-corrected chi connectivity index (χ3v) is 3.68. The molecule has 0 aromatic carbocycles. The summed E-state index contributed by atoms with van der Waals surface area (Å²) in [4.78, 5) is 13.7. The third kappa shape index (κ3) is 1.78.